The Morgan fingerprint density at radius 1 is 0.571 bits per heavy atom. The Balaban J connectivity index is 2.00. The molecule has 1 heterocycles. The number of hydrogen-bond acceptors (Lipinski definition) is 3. The molecule has 0 aromatic rings. The lowest BCUT2D eigenvalue weighted by molar-refractivity contribution is 0.554. The molecule has 3 N–H and O–H groups in total. The van der Waals surface area contributed by atoms with E-state index < -0.39 is 0 Å². The van der Waals surface area contributed by atoms with Crippen LogP contribution in [-0.2, 0) is 0 Å². The zero-order valence-corrected chi connectivity index (χ0v) is 9.02. The van der Waals surface area contributed by atoms with Crippen LogP contribution in [0, 0.1) is 13.1 Å². The molecule has 0 amide bonds. The van der Waals surface area contributed by atoms with E-state index in [-0.39, 0.29) is 0 Å². The van der Waals surface area contributed by atoms with Crippen LogP contribution < -0.4 is 16.0 Å². The second kappa shape index (κ2) is 9.44. The van der Waals surface area contributed by atoms with Crippen LogP contribution in [0.15, 0.2) is 0 Å². The minimum Gasteiger partial charge on any atom is -0.317 e. The van der Waals surface area contributed by atoms with Gasteiger partial charge in [-0.15, -0.1) is 0 Å². The molecule has 0 spiro atoms. The van der Waals surface area contributed by atoms with Gasteiger partial charge in [-0.25, -0.2) is 0 Å². The molecule has 0 unspecified atom stereocenters. The Hall–Kier alpha value is -0.120. The van der Waals surface area contributed by atoms with Gasteiger partial charge in [0.2, 0.25) is 0 Å². The van der Waals surface area contributed by atoms with Crippen molar-refractivity contribution in [2.45, 2.75) is 32.1 Å². The van der Waals surface area contributed by atoms with Crippen LogP contribution in [0.5, 0.6) is 0 Å². The molecule has 82 valence electrons. The lowest BCUT2D eigenvalue weighted by Gasteiger charge is -2.08. The Bertz CT molecular complexity index is 63.8. The first-order valence-electron chi connectivity index (χ1n) is 5.82. The van der Waals surface area contributed by atoms with Gasteiger partial charge in [-0.2, -0.15) is 0 Å². The lowest BCUT2D eigenvalue weighted by Crippen LogP contribution is -2.24. The minimum atomic E-state index is 1.06. The molecule has 1 aliphatic rings. The smallest absolute Gasteiger partial charge is 0.0407 e. The third-order valence-corrected chi connectivity index (χ3v) is 2.42. The Labute approximate surface area is 88.0 Å². The SMILES string of the molecule is [CH]1[CH]NCCCNCCCCCCN1. The standard InChI is InChI=1S/C11H23N3/c1-2-4-7-13-10-11-14-9-5-8-12-6-3-1/h10-14H,1-9H2. The maximum atomic E-state index is 3.46. The van der Waals surface area contributed by atoms with Crippen molar-refractivity contribution in [2.75, 3.05) is 26.2 Å². The van der Waals surface area contributed by atoms with Crippen molar-refractivity contribution in [2.24, 2.45) is 0 Å². The van der Waals surface area contributed by atoms with Crippen molar-refractivity contribution < 1.29 is 0 Å². The van der Waals surface area contributed by atoms with Gasteiger partial charge in [-0.3, -0.25) is 0 Å². The van der Waals surface area contributed by atoms with E-state index >= 15 is 0 Å². The summed E-state index contributed by atoms with van der Waals surface area (Å²) in [5.41, 5.74) is 0. The molecule has 0 aliphatic carbocycles. The highest BCUT2D eigenvalue weighted by atomic mass is 14.9. The van der Waals surface area contributed by atoms with Gasteiger partial charge in [0.05, 0.1) is 0 Å². The topological polar surface area (TPSA) is 36.1 Å². The molecule has 1 rings (SSSR count). The second-order valence-corrected chi connectivity index (χ2v) is 3.76. The fourth-order valence-corrected chi connectivity index (χ4v) is 1.56. The molecule has 14 heavy (non-hydrogen) atoms. The van der Waals surface area contributed by atoms with Crippen molar-refractivity contribution in [1.29, 1.82) is 0 Å². The molecule has 0 saturated carbocycles. The van der Waals surface area contributed by atoms with Crippen molar-refractivity contribution in [1.82, 2.24) is 16.0 Å². The van der Waals surface area contributed by atoms with E-state index in [1.165, 1.54) is 38.6 Å². The molecule has 0 atom stereocenters. The van der Waals surface area contributed by atoms with Crippen molar-refractivity contribution in [3.63, 3.8) is 0 Å². The summed E-state index contributed by atoms with van der Waals surface area (Å²) < 4.78 is 0. The van der Waals surface area contributed by atoms with E-state index in [1.54, 1.807) is 0 Å². The number of nitrogens with one attached hydrogen (secondary N) is 3. The Morgan fingerprint density at radius 2 is 1.14 bits per heavy atom. The molecule has 1 saturated heterocycles. The molecular weight excluding hydrogens is 174 g/mol. The molecule has 1 fully saturated rings. The zero-order valence-electron chi connectivity index (χ0n) is 9.02. The minimum absolute atomic E-state index is 1.06. The zero-order chi connectivity index (χ0) is 9.90. The van der Waals surface area contributed by atoms with Crippen molar-refractivity contribution >= 4 is 0 Å². The van der Waals surface area contributed by atoms with Gasteiger partial charge < -0.3 is 16.0 Å². The van der Waals surface area contributed by atoms with Crippen LogP contribution in [0.4, 0.5) is 0 Å². The third-order valence-electron chi connectivity index (χ3n) is 2.42. The molecule has 2 radical (unpaired) electrons. The van der Waals surface area contributed by atoms with Crippen molar-refractivity contribution in [3.05, 3.63) is 13.1 Å². The molecule has 0 bridgehead atoms. The molecule has 1 aliphatic heterocycles. The van der Waals surface area contributed by atoms with E-state index in [4.69, 9.17) is 0 Å². The van der Waals surface area contributed by atoms with Crippen LogP contribution in [0.25, 0.3) is 0 Å². The summed E-state index contributed by atoms with van der Waals surface area (Å²) in [5.74, 6) is 0. The summed E-state index contributed by atoms with van der Waals surface area (Å²) in [7, 11) is 0. The summed E-state index contributed by atoms with van der Waals surface area (Å²) in [5, 5.41) is 10.00. The molecule has 3 nitrogen and oxygen atoms in total. The van der Waals surface area contributed by atoms with Crippen LogP contribution >= 0.6 is 0 Å². The fourth-order valence-electron chi connectivity index (χ4n) is 1.56. The van der Waals surface area contributed by atoms with Crippen molar-refractivity contribution in [3.8, 4) is 0 Å². The van der Waals surface area contributed by atoms with Crippen LogP contribution in [0.3, 0.4) is 0 Å². The van der Waals surface area contributed by atoms with E-state index in [9.17, 15) is 0 Å². The summed E-state index contributed by atoms with van der Waals surface area (Å²) in [6.45, 7) is 8.50. The van der Waals surface area contributed by atoms with E-state index in [2.05, 4.69) is 16.0 Å². The van der Waals surface area contributed by atoms with Gasteiger partial charge in [0.15, 0.2) is 0 Å². The summed E-state index contributed by atoms with van der Waals surface area (Å²) >= 11 is 0. The highest BCUT2D eigenvalue weighted by Crippen LogP contribution is 1.98. The monoisotopic (exact) mass is 197 g/mol. The van der Waals surface area contributed by atoms with E-state index in [1.807, 2.05) is 13.1 Å². The van der Waals surface area contributed by atoms with E-state index in [0.717, 1.165) is 19.6 Å². The quantitative estimate of drug-likeness (QED) is 0.543. The maximum Gasteiger partial charge on any atom is 0.0407 e. The number of hydrogen-bond donors (Lipinski definition) is 3. The molecule has 0 aromatic heterocycles. The highest BCUT2D eigenvalue weighted by Gasteiger charge is 1.94. The average Bonchev–Trinajstić information content (AvgIpc) is 2.22. The van der Waals surface area contributed by atoms with E-state index in [0.29, 0.717) is 0 Å². The second-order valence-electron chi connectivity index (χ2n) is 3.76. The predicted octanol–water partition coefficient (Wildman–Crippen LogP) is 1.04. The first-order chi connectivity index (χ1) is 7.00. The first kappa shape index (κ1) is 12.0. The van der Waals surface area contributed by atoms with Gasteiger partial charge in [-0.1, -0.05) is 12.8 Å². The van der Waals surface area contributed by atoms with Crippen LogP contribution in [-0.4, -0.2) is 26.2 Å². The Kier molecular flexibility index (Phi) is 8.06. The fraction of sp³-hybridized carbons (Fsp3) is 0.818. The number of rotatable bonds is 0. The summed E-state index contributed by atoms with van der Waals surface area (Å²) in [6.07, 6.45) is 6.50. The summed E-state index contributed by atoms with van der Waals surface area (Å²) in [6, 6.07) is 0. The Morgan fingerprint density at radius 3 is 1.93 bits per heavy atom. The largest absolute Gasteiger partial charge is 0.317 e. The normalized spacial score (nSPS) is 24.0. The first-order valence-corrected chi connectivity index (χ1v) is 5.82. The van der Waals surface area contributed by atoms with Gasteiger partial charge in [-0.05, 0) is 45.4 Å². The average molecular weight is 197 g/mol. The molecule has 0 aromatic carbocycles. The van der Waals surface area contributed by atoms with Crippen LogP contribution in [0.2, 0.25) is 0 Å². The third kappa shape index (κ3) is 7.30. The van der Waals surface area contributed by atoms with Gasteiger partial charge >= 0.3 is 0 Å². The highest BCUT2D eigenvalue weighted by molar-refractivity contribution is 4.78. The molecule has 3 heteroatoms. The van der Waals surface area contributed by atoms with Gasteiger partial charge in [0, 0.05) is 13.1 Å². The van der Waals surface area contributed by atoms with Crippen LogP contribution in [0.1, 0.15) is 32.1 Å². The predicted molar refractivity (Wildman–Crippen MR) is 60.6 cm³/mol. The lowest BCUT2D eigenvalue weighted by atomic mass is 10.2. The van der Waals surface area contributed by atoms with Gasteiger partial charge in [0.25, 0.3) is 0 Å². The summed E-state index contributed by atoms with van der Waals surface area (Å²) in [4.78, 5) is 0. The van der Waals surface area contributed by atoms with Gasteiger partial charge in [0.1, 0.15) is 0 Å². The maximum absolute atomic E-state index is 3.46. The molecular formula is C11H23N3.